The molecule has 1 amide bonds. The summed E-state index contributed by atoms with van der Waals surface area (Å²) in [5.74, 6) is -4.72. The third-order valence-corrected chi connectivity index (χ3v) is 5.72. The number of thioether (sulfide) groups is 1. The number of hydrogen-bond acceptors (Lipinski definition) is 4. The molecular formula is C14H17F2NO3S2. The lowest BCUT2D eigenvalue weighted by molar-refractivity contribution is -0.130. The van der Waals surface area contributed by atoms with Crippen LogP contribution in [0.2, 0.25) is 0 Å². The summed E-state index contributed by atoms with van der Waals surface area (Å²) < 4.78 is 52.8. The Balaban J connectivity index is 2.09. The van der Waals surface area contributed by atoms with Crippen LogP contribution in [-0.4, -0.2) is 26.5 Å². The predicted molar refractivity (Wildman–Crippen MR) is 80.5 cm³/mol. The molecule has 0 radical (unpaired) electrons. The maximum absolute atomic E-state index is 13.3. The molecule has 1 aromatic carbocycles. The van der Waals surface area contributed by atoms with E-state index in [0.29, 0.717) is 0 Å². The summed E-state index contributed by atoms with van der Waals surface area (Å²) in [6.07, 6.45) is 1.50. The standard InChI is InChI=1S/C14H17F2NO3S2/c1-21-11-4-6-12(7-5-11)22(19,20)17-13(18)10-3-2-8-14(15,16)9-10/h4-7,10H,2-3,8-9H2,1H3,(H,17,18). The van der Waals surface area contributed by atoms with E-state index in [2.05, 4.69) is 0 Å². The first kappa shape index (κ1) is 17.2. The van der Waals surface area contributed by atoms with Crippen molar-refractivity contribution in [3.63, 3.8) is 0 Å². The number of hydrogen-bond donors (Lipinski definition) is 1. The minimum atomic E-state index is -4.02. The van der Waals surface area contributed by atoms with Gasteiger partial charge in [0.15, 0.2) is 0 Å². The van der Waals surface area contributed by atoms with Crippen LogP contribution in [0.3, 0.4) is 0 Å². The Hall–Kier alpha value is -1.15. The summed E-state index contributed by atoms with van der Waals surface area (Å²) in [6.45, 7) is 0. The van der Waals surface area contributed by atoms with E-state index in [-0.39, 0.29) is 24.2 Å². The average molecular weight is 349 g/mol. The van der Waals surface area contributed by atoms with Gasteiger partial charge in [0.1, 0.15) is 0 Å². The van der Waals surface area contributed by atoms with Gasteiger partial charge in [-0.15, -0.1) is 11.8 Å². The second-order valence-electron chi connectivity index (χ2n) is 5.29. The molecule has 22 heavy (non-hydrogen) atoms. The van der Waals surface area contributed by atoms with Gasteiger partial charge in [0.05, 0.1) is 4.90 Å². The van der Waals surface area contributed by atoms with Crippen LogP contribution in [0.25, 0.3) is 0 Å². The maximum Gasteiger partial charge on any atom is 0.264 e. The van der Waals surface area contributed by atoms with E-state index in [1.807, 2.05) is 11.0 Å². The fourth-order valence-electron chi connectivity index (χ4n) is 2.43. The molecule has 1 unspecified atom stereocenters. The second kappa shape index (κ2) is 6.54. The number of alkyl halides is 2. The molecule has 1 saturated carbocycles. The van der Waals surface area contributed by atoms with Gasteiger partial charge in [-0.2, -0.15) is 0 Å². The molecule has 1 N–H and O–H groups in total. The van der Waals surface area contributed by atoms with Crippen molar-refractivity contribution >= 4 is 27.7 Å². The van der Waals surface area contributed by atoms with Crippen LogP contribution in [0.15, 0.2) is 34.1 Å². The first-order chi connectivity index (χ1) is 10.2. The second-order valence-corrected chi connectivity index (χ2v) is 7.86. The normalized spacial score (nSPS) is 21.3. The zero-order valence-electron chi connectivity index (χ0n) is 12.0. The van der Waals surface area contributed by atoms with Crippen molar-refractivity contribution in [2.45, 2.75) is 41.4 Å². The molecule has 2 rings (SSSR count). The van der Waals surface area contributed by atoms with Crippen LogP contribution in [-0.2, 0) is 14.8 Å². The molecule has 0 heterocycles. The number of amides is 1. The molecule has 0 bridgehead atoms. The van der Waals surface area contributed by atoms with Crippen molar-refractivity contribution in [3.8, 4) is 0 Å². The fraction of sp³-hybridized carbons (Fsp3) is 0.500. The highest BCUT2D eigenvalue weighted by atomic mass is 32.2. The lowest BCUT2D eigenvalue weighted by Crippen LogP contribution is -2.40. The third kappa shape index (κ3) is 4.19. The lowest BCUT2D eigenvalue weighted by atomic mass is 9.86. The quantitative estimate of drug-likeness (QED) is 0.849. The van der Waals surface area contributed by atoms with Gasteiger partial charge < -0.3 is 0 Å². The van der Waals surface area contributed by atoms with E-state index in [4.69, 9.17) is 0 Å². The minimum Gasteiger partial charge on any atom is -0.274 e. The van der Waals surface area contributed by atoms with E-state index in [9.17, 15) is 22.0 Å². The lowest BCUT2D eigenvalue weighted by Gasteiger charge is -2.27. The fourth-order valence-corrected chi connectivity index (χ4v) is 3.88. The topological polar surface area (TPSA) is 63.2 Å². The summed E-state index contributed by atoms with van der Waals surface area (Å²) in [6, 6.07) is 6.02. The van der Waals surface area contributed by atoms with Crippen molar-refractivity contribution in [3.05, 3.63) is 24.3 Å². The summed E-state index contributed by atoms with van der Waals surface area (Å²) in [5.41, 5.74) is 0. The Kier molecular flexibility index (Phi) is 5.11. The van der Waals surface area contributed by atoms with Gasteiger partial charge in [0.25, 0.3) is 10.0 Å². The summed E-state index contributed by atoms with van der Waals surface area (Å²) in [5, 5.41) is 0. The van der Waals surface area contributed by atoms with Crippen molar-refractivity contribution in [2.75, 3.05) is 6.26 Å². The van der Waals surface area contributed by atoms with E-state index in [0.717, 1.165) is 4.90 Å². The molecule has 0 saturated heterocycles. The Morgan fingerprint density at radius 3 is 2.50 bits per heavy atom. The minimum absolute atomic E-state index is 0.0544. The van der Waals surface area contributed by atoms with Gasteiger partial charge in [0.2, 0.25) is 11.8 Å². The number of nitrogens with one attached hydrogen (secondary N) is 1. The number of halogens is 2. The van der Waals surface area contributed by atoms with Gasteiger partial charge in [-0.05, 0) is 43.4 Å². The molecule has 1 aliphatic rings. The summed E-state index contributed by atoms with van der Waals surface area (Å²) in [4.78, 5) is 12.8. The van der Waals surface area contributed by atoms with Gasteiger partial charge >= 0.3 is 0 Å². The molecule has 1 atom stereocenters. The first-order valence-electron chi connectivity index (χ1n) is 6.82. The van der Waals surface area contributed by atoms with Crippen LogP contribution in [0.4, 0.5) is 8.78 Å². The largest absolute Gasteiger partial charge is 0.274 e. The highest BCUT2D eigenvalue weighted by Gasteiger charge is 2.40. The zero-order valence-corrected chi connectivity index (χ0v) is 13.6. The third-order valence-electron chi connectivity index (χ3n) is 3.62. The number of carbonyl (C=O) groups is 1. The van der Waals surface area contributed by atoms with E-state index in [1.54, 1.807) is 12.1 Å². The van der Waals surface area contributed by atoms with Gasteiger partial charge in [-0.1, -0.05) is 0 Å². The molecule has 0 aromatic heterocycles. The molecule has 1 aromatic rings. The molecule has 122 valence electrons. The van der Waals surface area contributed by atoms with Crippen LogP contribution in [0.5, 0.6) is 0 Å². The molecular weight excluding hydrogens is 332 g/mol. The van der Waals surface area contributed by atoms with Crippen LogP contribution in [0, 0.1) is 5.92 Å². The van der Waals surface area contributed by atoms with E-state index >= 15 is 0 Å². The SMILES string of the molecule is CSc1ccc(S(=O)(=O)NC(=O)C2CCCC(F)(F)C2)cc1. The highest BCUT2D eigenvalue weighted by Crippen LogP contribution is 2.36. The predicted octanol–water partition coefficient (Wildman–Crippen LogP) is 3.04. The van der Waals surface area contributed by atoms with Crippen molar-refractivity contribution in [1.82, 2.24) is 4.72 Å². The Morgan fingerprint density at radius 1 is 1.32 bits per heavy atom. The number of benzene rings is 1. The average Bonchev–Trinajstić information content (AvgIpc) is 2.46. The zero-order chi connectivity index (χ0) is 16.4. The van der Waals surface area contributed by atoms with Gasteiger partial charge in [-0.25, -0.2) is 21.9 Å². The molecule has 8 heteroatoms. The van der Waals surface area contributed by atoms with E-state index in [1.165, 1.54) is 23.9 Å². The molecule has 0 spiro atoms. The highest BCUT2D eigenvalue weighted by molar-refractivity contribution is 7.98. The van der Waals surface area contributed by atoms with Gasteiger partial charge in [0, 0.05) is 23.7 Å². The van der Waals surface area contributed by atoms with Gasteiger partial charge in [-0.3, -0.25) is 4.79 Å². The Bertz CT molecular complexity index is 645. The molecule has 1 aliphatic carbocycles. The van der Waals surface area contributed by atoms with Crippen LogP contribution >= 0.6 is 11.8 Å². The van der Waals surface area contributed by atoms with Crippen LogP contribution < -0.4 is 4.72 Å². The van der Waals surface area contributed by atoms with Crippen molar-refractivity contribution in [2.24, 2.45) is 5.92 Å². The molecule has 0 aliphatic heterocycles. The Labute approximate surface area is 132 Å². The molecule has 4 nitrogen and oxygen atoms in total. The maximum atomic E-state index is 13.3. The summed E-state index contributed by atoms with van der Waals surface area (Å²) in [7, 11) is -4.02. The Morgan fingerprint density at radius 2 is 1.95 bits per heavy atom. The first-order valence-corrected chi connectivity index (χ1v) is 9.53. The molecule has 1 fully saturated rings. The number of carbonyl (C=O) groups excluding carboxylic acids is 1. The van der Waals surface area contributed by atoms with E-state index < -0.39 is 34.2 Å². The number of sulfonamides is 1. The smallest absolute Gasteiger partial charge is 0.264 e. The summed E-state index contributed by atoms with van der Waals surface area (Å²) >= 11 is 1.46. The number of rotatable bonds is 4. The van der Waals surface area contributed by atoms with Crippen molar-refractivity contribution < 1.29 is 22.0 Å². The van der Waals surface area contributed by atoms with Crippen LogP contribution in [0.1, 0.15) is 25.7 Å². The monoisotopic (exact) mass is 349 g/mol. The van der Waals surface area contributed by atoms with Crippen molar-refractivity contribution in [1.29, 1.82) is 0 Å².